The van der Waals surface area contributed by atoms with Crippen LogP contribution in [0.3, 0.4) is 0 Å². The van der Waals surface area contributed by atoms with E-state index in [1.165, 1.54) is 62.4 Å². The van der Waals surface area contributed by atoms with Gasteiger partial charge in [-0.25, -0.2) is 4.98 Å². The first kappa shape index (κ1) is 18.5. The number of anilines is 1. The van der Waals surface area contributed by atoms with Crippen LogP contribution in [0.15, 0.2) is 10.4 Å². The Hall–Kier alpha value is -1.30. The van der Waals surface area contributed by atoms with Crippen molar-refractivity contribution in [2.24, 2.45) is 10.4 Å². The number of aromatic nitrogens is 1. The van der Waals surface area contributed by atoms with E-state index in [1.54, 1.807) is 11.3 Å². The lowest BCUT2D eigenvalue weighted by Crippen LogP contribution is -2.46. The minimum absolute atomic E-state index is 0.507. The number of rotatable bonds is 5. The minimum atomic E-state index is 0.507. The van der Waals surface area contributed by atoms with Crippen LogP contribution in [-0.4, -0.2) is 43.7 Å². The molecule has 2 N–H and O–H groups in total. The molecule has 0 bridgehead atoms. The summed E-state index contributed by atoms with van der Waals surface area (Å²) in [7, 11) is 1.86. The maximum absolute atomic E-state index is 4.79. The summed E-state index contributed by atoms with van der Waals surface area (Å²) in [4.78, 5) is 11.6. The Kier molecular flexibility index (Phi) is 6.20. The van der Waals surface area contributed by atoms with Crippen LogP contribution < -0.4 is 15.5 Å². The highest BCUT2D eigenvalue weighted by atomic mass is 32.1. The summed E-state index contributed by atoms with van der Waals surface area (Å²) in [5, 5.41) is 10.4. The van der Waals surface area contributed by atoms with Crippen LogP contribution in [0.5, 0.6) is 0 Å². The number of hydrogen-bond acceptors (Lipinski definition) is 4. The molecule has 6 heteroatoms. The number of aliphatic imine (C=N–C) groups is 1. The lowest BCUT2D eigenvalue weighted by atomic mass is 9.75. The highest BCUT2D eigenvalue weighted by molar-refractivity contribution is 7.13. The first-order valence-corrected chi connectivity index (χ1v) is 10.6. The molecule has 0 amide bonds. The number of guanidine groups is 1. The second kappa shape index (κ2) is 8.39. The third-order valence-electron chi connectivity index (χ3n) is 5.49. The van der Waals surface area contributed by atoms with E-state index >= 15 is 0 Å². The van der Waals surface area contributed by atoms with E-state index < -0.39 is 0 Å². The Morgan fingerprint density at radius 2 is 2.04 bits per heavy atom. The van der Waals surface area contributed by atoms with Crippen LogP contribution in [-0.2, 0) is 6.42 Å². The lowest BCUT2D eigenvalue weighted by molar-refractivity contribution is 0.216. The molecule has 0 atom stereocenters. The Labute approximate surface area is 156 Å². The minimum Gasteiger partial charge on any atom is -0.356 e. The maximum atomic E-state index is 4.79. The van der Waals surface area contributed by atoms with Gasteiger partial charge in [0.25, 0.3) is 0 Å². The smallest absolute Gasteiger partial charge is 0.191 e. The molecule has 140 valence electrons. The topological polar surface area (TPSA) is 52.6 Å². The summed E-state index contributed by atoms with van der Waals surface area (Å²) < 4.78 is 0. The average Bonchev–Trinajstić information content (AvgIpc) is 3.26. The van der Waals surface area contributed by atoms with Crippen LogP contribution in [0.4, 0.5) is 5.13 Å². The Balaban J connectivity index is 1.40. The van der Waals surface area contributed by atoms with Crippen LogP contribution in [0.25, 0.3) is 0 Å². The van der Waals surface area contributed by atoms with Gasteiger partial charge in [0, 0.05) is 44.5 Å². The Morgan fingerprint density at radius 1 is 1.32 bits per heavy atom. The molecule has 0 radical (unpaired) electrons. The Bertz CT molecular complexity index is 564. The van der Waals surface area contributed by atoms with Crippen molar-refractivity contribution in [3.63, 3.8) is 0 Å². The fourth-order valence-electron chi connectivity index (χ4n) is 3.71. The van der Waals surface area contributed by atoms with Gasteiger partial charge in [-0.3, -0.25) is 4.99 Å². The predicted molar refractivity (Wildman–Crippen MR) is 108 cm³/mol. The molecule has 0 unspecified atom stereocenters. The SMILES string of the molecule is CN=C(NCCc1csc(N2CCCC2)n1)NC1CCC(C)(C)CC1. The molecule has 1 aromatic rings. The van der Waals surface area contributed by atoms with Crippen molar-refractivity contribution < 1.29 is 0 Å². The van der Waals surface area contributed by atoms with Crippen LogP contribution in [0.1, 0.15) is 58.1 Å². The molecule has 2 aliphatic rings. The number of nitrogens with zero attached hydrogens (tertiary/aromatic N) is 3. The summed E-state index contributed by atoms with van der Waals surface area (Å²) in [5.41, 5.74) is 1.70. The Morgan fingerprint density at radius 3 is 2.72 bits per heavy atom. The molecule has 1 aromatic heterocycles. The van der Waals surface area contributed by atoms with Crippen LogP contribution in [0, 0.1) is 5.41 Å². The van der Waals surface area contributed by atoms with Gasteiger partial charge in [-0.15, -0.1) is 11.3 Å². The number of hydrogen-bond donors (Lipinski definition) is 2. The first-order chi connectivity index (χ1) is 12.1. The van der Waals surface area contributed by atoms with Gasteiger partial charge >= 0.3 is 0 Å². The van der Waals surface area contributed by atoms with Gasteiger partial charge in [-0.1, -0.05) is 13.8 Å². The molecule has 0 aromatic carbocycles. The van der Waals surface area contributed by atoms with Gasteiger partial charge in [-0.05, 0) is 43.9 Å². The molecule has 1 aliphatic heterocycles. The zero-order valence-corrected chi connectivity index (χ0v) is 16.8. The highest BCUT2D eigenvalue weighted by Gasteiger charge is 2.27. The molecule has 5 nitrogen and oxygen atoms in total. The van der Waals surface area contributed by atoms with Crippen molar-refractivity contribution in [2.75, 3.05) is 31.6 Å². The molecule has 1 saturated carbocycles. The highest BCUT2D eigenvalue weighted by Crippen LogP contribution is 2.34. The third kappa shape index (κ3) is 5.33. The maximum Gasteiger partial charge on any atom is 0.191 e. The van der Waals surface area contributed by atoms with E-state index in [0.717, 1.165) is 18.9 Å². The van der Waals surface area contributed by atoms with Gasteiger partial charge in [-0.2, -0.15) is 0 Å². The molecule has 1 aliphatic carbocycles. The van der Waals surface area contributed by atoms with Crippen molar-refractivity contribution in [3.8, 4) is 0 Å². The van der Waals surface area contributed by atoms with Gasteiger partial charge in [0.2, 0.25) is 0 Å². The molecular formula is C19H33N5S. The molecule has 0 spiro atoms. The van der Waals surface area contributed by atoms with Gasteiger partial charge < -0.3 is 15.5 Å². The van der Waals surface area contributed by atoms with Crippen molar-refractivity contribution in [3.05, 3.63) is 11.1 Å². The van der Waals surface area contributed by atoms with Gasteiger partial charge in [0.15, 0.2) is 11.1 Å². The zero-order chi connectivity index (χ0) is 17.7. The number of thiazole rings is 1. The summed E-state index contributed by atoms with van der Waals surface area (Å²) >= 11 is 1.78. The monoisotopic (exact) mass is 363 g/mol. The van der Waals surface area contributed by atoms with E-state index in [4.69, 9.17) is 4.98 Å². The first-order valence-electron chi connectivity index (χ1n) is 9.72. The van der Waals surface area contributed by atoms with E-state index in [9.17, 15) is 0 Å². The molecule has 25 heavy (non-hydrogen) atoms. The standard InChI is InChI=1S/C19H33N5S/c1-19(2)9-6-15(7-10-19)22-17(20-3)21-11-8-16-14-25-18(23-16)24-12-4-5-13-24/h14-15H,4-13H2,1-3H3,(H2,20,21,22). The molecule has 3 rings (SSSR count). The molecular weight excluding hydrogens is 330 g/mol. The van der Waals surface area contributed by atoms with E-state index in [2.05, 4.69) is 39.8 Å². The zero-order valence-electron chi connectivity index (χ0n) is 16.0. The van der Waals surface area contributed by atoms with E-state index in [-0.39, 0.29) is 0 Å². The van der Waals surface area contributed by atoms with Crippen LogP contribution >= 0.6 is 11.3 Å². The fraction of sp³-hybridized carbons (Fsp3) is 0.789. The van der Waals surface area contributed by atoms with Crippen LogP contribution in [0.2, 0.25) is 0 Å². The van der Waals surface area contributed by atoms with Crippen molar-refractivity contribution in [1.29, 1.82) is 0 Å². The average molecular weight is 364 g/mol. The summed E-state index contributed by atoms with van der Waals surface area (Å²) in [6.45, 7) is 7.96. The van der Waals surface area contributed by atoms with Gasteiger partial charge in [0.05, 0.1) is 5.69 Å². The van der Waals surface area contributed by atoms with Crippen molar-refractivity contribution in [2.45, 2.75) is 64.8 Å². The van der Waals surface area contributed by atoms with Gasteiger partial charge in [0.1, 0.15) is 0 Å². The predicted octanol–water partition coefficient (Wildman–Crippen LogP) is 3.42. The number of nitrogens with one attached hydrogen (secondary N) is 2. The fourth-order valence-corrected chi connectivity index (χ4v) is 4.62. The third-order valence-corrected chi connectivity index (χ3v) is 6.44. The normalized spacial score (nSPS) is 21.6. The van der Waals surface area contributed by atoms with E-state index in [0.29, 0.717) is 11.5 Å². The molecule has 2 fully saturated rings. The summed E-state index contributed by atoms with van der Waals surface area (Å²) in [5.74, 6) is 0.930. The largest absolute Gasteiger partial charge is 0.356 e. The van der Waals surface area contributed by atoms with Crippen molar-refractivity contribution in [1.82, 2.24) is 15.6 Å². The van der Waals surface area contributed by atoms with E-state index in [1.807, 2.05) is 7.05 Å². The second-order valence-electron chi connectivity index (χ2n) is 8.15. The second-order valence-corrected chi connectivity index (χ2v) is 8.98. The molecule has 2 heterocycles. The summed E-state index contributed by atoms with van der Waals surface area (Å²) in [6.07, 6.45) is 8.61. The quantitative estimate of drug-likeness (QED) is 0.622. The molecule has 1 saturated heterocycles. The van der Waals surface area contributed by atoms with Crippen molar-refractivity contribution >= 4 is 22.4 Å². The summed E-state index contributed by atoms with van der Waals surface area (Å²) in [6, 6.07) is 0.556. The lowest BCUT2D eigenvalue weighted by Gasteiger charge is -2.35.